The van der Waals surface area contributed by atoms with Gasteiger partial charge in [0.15, 0.2) is 17.2 Å². The molecule has 0 saturated carbocycles. The SMILES string of the molecule is CC(C)N(c1ccc(C=C(C#N)C(N)=O)cc1)c1cnc2[nH]cc(C(=O)C(C)(C)C)c2n1. The van der Waals surface area contributed by atoms with Crippen LogP contribution in [0.4, 0.5) is 11.5 Å². The van der Waals surface area contributed by atoms with Gasteiger partial charge in [-0.1, -0.05) is 32.9 Å². The molecule has 0 radical (unpaired) electrons. The van der Waals surface area contributed by atoms with Crippen molar-refractivity contribution >= 4 is 40.4 Å². The van der Waals surface area contributed by atoms with Crippen LogP contribution in [0.25, 0.3) is 17.2 Å². The van der Waals surface area contributed by atoms with Gasteiger partial charge in [-0.2, -0.15) is 5.26 Å². The predicted molar refractivity (Wildman–Crippen MR) is 124 cm³/mol. The zero-order valence-electron chi connectivity index (χ0n) is 18.8. The highest BCUT2D eigenvalue weighted by atomic mass is 16.1. The number of nitriles is 1. The second-order valence-corrected chi connectivity index (χ2v) is 8.80. The maximum atomic E-state index is 12.9. The third-order valence-corrected chi connectivity index (χ3v) is 4.93. The normalized spacial score (nSPS) is 12.1. The molecule has 0 fully saturated rings. The van der Waals surface area contributed by atoms with E-state index in [1.165, 1.54) is 6.08 Å². The molecule has 1 amide bonds. The van der Waals surface area contributed by atoms with Gasteiger partial charge in [-0.3, -0.25) is 9.59 Å². The molecule has 0 aliphatic heterocycles. The standard InChI is InChI=1S/C24H26N6O2/c1-14(2)30(17-8-6-15(7-9-17)10-16(11-25)22(26)32)19-13-28-23-20(29-19)18(12-27-23)21(31)24(3,4)5/h6-10,12-14H,1-5H3,(H2,26,32)(H,27,28). The Balaban J connectivity index is 2.03. The molecule has 0 atom stereocenters. The number of amides is 1. The van der Waals surface area contributed by atoms with Crippen molar-refractivity contribution in [3.8, 4) is 6.07 Å². The lowest BCUT2D eigenvalue weighted by Crippen LogP contribution is -2.26. The first-order valence-electron chi connectivity index (χ1n) is 10.2. The minimum absolute atomic E-state index is 0.00909. The number of anilines is 2. The number of primary amides is 1. The third kappa shape index (κ3) is 4.52. The van der Waals surface area contributed by atoms with Crippen LogP contribution in [0.15, 0.2) is 42.2 Å². The number of carbonyl (C=O) groups excluding carboxylic acids is 2. The Bertz CT molecular complexity index is 1240. The average molecular weight is 431 g/mol. The molecule has 164 valence electrons. The number of hydrogen-bond acceptors (Lipinski definition) is 6. The molecule has 2 heterocycles. The minimum atomic E-state index is -0.768. The molecule has 0 unspecified atom stereocenters. The van der Waals surface area contributed by atoms with Crippen molar-refractivity contribution in [2.24, 2.45) is 11.1 Å². The van der Waals surface area contributed by atoms with Gasteiger partial charge in [-0.15, -0.1) is 0 Å². The van der Waals surface area contributed by atoms with Crippen molar-refractivity contribution in [2.75, 3.05) is 4.90 Å². The summed E-state index contributed by atoms with van der Waals surface area (Å²) in [5.41, 5.74) is 7.69. The summed E-state index contributed by atoms with van der Waals surface area (Å²) in [5.74, 6) is -0.172. The summed E-state index contributed by atoms with van der Waals surface area (Å²) in [6.45, 7) is 9.67. The van der Waals surface area contributed by atoms with Crippen LogP contribution < -0.4 is 10.6 Å². The van der Waals surface area contributed by atoms with Gasteiger partial charge in [-0.05, 0) is 37.6 Å². The van der Waals surface area contributed by atoms with E-state index < -0.39 is 11.3 Å². The number of nitrogens with one attached hydrogen (secondary N) is 1. The highest BCUT2D eigenvalue weighted by Crippen LogP contribution is 2.30. The Morgan fingerprint density at radius 2 is 1.88 bits per heavy atom. The van der Waals surface area contributed by atoms with Crippen molar-refractivity contribution in [3.63, 3.8) is 0 Å². The molecule has 32 heavy (non-hydrogen) atoms. The third-order valence-electron chi connectivity index (χ3n) is 4.93. The van der Waals surface area contributed by atoms with Gasteiger partial charge in [0.05, 0.1) is 11.8 Å². The van der Waals surface area contributed by atoms with Gasteiger partial charge in [0, 0.05) is 23.3 Å². The number of Topliss-reactive ketones (excluding diaryl/α,β-unsaturated/α-hetero) is 1. The van der Waals surface area contributed by atoms with Crippen LogP contribution in [0, 0.1) is 16.7 Å². The fourth-order valence-electron chi connectivity index (χ4n) is 3.33. The largest absolute Gasteiger partial charge is 0.365 e. The second-order valence-electron chi connectivity index (χ2n) is 8.80. The number of nitrogens with zero attached hydrogens (tertiary/aromatic N) is 4. The Morgan fingerprint density at radius 3 is 2.41 bits per heavy atom. The molecule has 3 rings (SSSR count). The van der Waals surface area contributed by atoms with E-state index >= 15 is 0 Å². The first kappa shape index (κ1) is 22.7. The Hall–Kier alpha value is -3.99. The monoisotopic (exact) mass is 430 g/mol. The first-order valence-corrected chi connectivity index (χ1v) is 10.2. The smallest absolute Gasteiger partial charge is 0.259 e. The molecule has 0 aliphatic rings. The van der Waals surface area contributed by atoms with E-state index in [1.54, 1.807) is 30.6 Å². The first-order chi connectivity index (χ1) is 15.0. The van der Waals surface area contributed by atoms with Crippen molar-refractivity contribution in [2.45, 2.75) is 40.7 Å². The number of fused-ring (bicyclic) bond motifs is 1. The number of nitrogens with two attached hydrogens (primary N) is 1. The molecule has 3 aromatic rings. The maximum absolute atomic E-state index is 12.9. The molecular weight excluding hydrogens is 404 g/mol. The fourth-order valence-corrected chi connectivity index (χ4v) is 3.33. The number of carbonyl (C=O) groups is 2. The summed E-state index contributed by atoms with van der Waals surface area (Å²) >= 11 is 0. The van der Waals surface area contributed by atoms with Gasteiger partial charge in [0.1, 0.15) is 17.2 Å². The Kier molecular flexibility index (Phi) is 6.12. The molecule has 0 saturated heterocycles. The van der Waals surface area contributed by atoms with Gasteiger partial charge in [0.25, 0.3) is 5.91 Å². The van der Waals surface area contributed by atoms with Crippen molar-refractivity contribution in [3.05, 3.63) is 53.4 Å². The van der Waals surface area contributed by atoms with Crippen LogP contribution in [-0.4, -0.2) is 32.7 Å². The number of aromatic amines is 1. The summed E-state index contributed by atoms with van der Waals surface area (Å²) in [7, 11) is 0. The topological polar surface area (TPSA) is 129 Å². The van der Waals surface area contributed by atoms with Gasteiger partial charge in [-0.25, -0.2) is 9.97 Å². The van der Waals surface area contributed by atoms with Crippen LogP contribution in [0.2, 0.25) is 0 Å². The molecular formula is C24H26N6O2. The quantitative estimate of drug-likeness (QED) is 0.344. The van der Waals surface area contributed by atoms with Crippen molar-refractivity contribution in [1.29, 1.82) is 5.26 Å². The predicted octanol–water partition coefficient (Wildman–Crippen LogP) is 4.13. The van der Waals surface area contributed by atoms with E-state index in [9.17, 15) is 9.59 Å². The summed E-state index contributed by atoms with van der Waals surface area (Å²) in [6, 6.07) is 9.16. The highest BCUT2D eigenvalue weighted by Gasteiger charge is 2.27. The van der Waals surface area contributed by atoms with Crippen LogP contribution in [0.5, 0.6) is 0 Å². The summed E-state index contributed by atoms with van der Waals surface area (Å²) in [4.78, 5) is 38.4. The summed E-state index contributed by atoms with van der Waals surface area (Å²) in [6.07, 6.45) is 4.77. The Labute approximate surface area is 186 Å². The van der Waals surface area contributed by atoms with Crippen LogP contribution in [-0.2, 0) is 4.79 Å². The zero-order valence-corrected chi connectivity index (χ0v) is 18.8. The second kappa shape index (κ2) is 8.63. The number of hydrogen-bond donors (Lipinski definition) is 2. The lowest BCUT2D eigenvalue weighted by Gasteiger charge is -2.28. The van der Waals surface area contributed by atoms with Gasteiger partial charge in [0.2, 0.25) is 0 Å². The maximum Gasteiger partial charge on any atom is 0.259 e. The van der Waals surface area contributed by atoms with E-state index in [0.29, 0.717) is 28.1 Å². The zero-order chi connectivity index (χ0) is 23.6. The lowest BCUT2D eigenvalue weighted by molar-refractivity contribution is -0.114. The van der Waals surface area contributed by atoms with Crippen molar-refractivity contribution in [1.82, 2.24) is 15.0 Å². The molecule has 0 bridgehead atoms. The van der Waals surface area contributed by atoms with E-state index in [4.69, 9.17) is 16.0 Å². The molecule has 8 heteroatoms. The number of rotatable bonds is 6. The molecule has 0 spiro atoms. The molecule has 8 nitrogen and oxygen atoms in total. The van der Waals surface area contributed by atoms with Gasteiger partial charge >= 0.3 is 0 Å². The molecule has 2 aromatic heterocycles. The van der Waals surface area contributed by atoms with E-state index in [-0.39, 0.29) is 17.4 Å². The number of H-pyrrole nitrogens is 1. The minimum Gasteiger partial charge on any atom is -0.365 e. The van der Waals surface area contributed by atoms with Gasteiger partial charge < -0.3 is 15.6 Å². The van der Waals surface area contributed by atoms with E-state index in [2.05, 4.69) is 9.97 Å². The van der Waals surface area contributed by atoms with E-state index in [0.717, 1.165) is 5.69 Å². The Morgan fingerprint density at radius 1 is 1.22 bits per heavy atom. The van der Waals surface area contributed by atoms with Crippen LogP contribution >= 0.6 is 0 Å². The summed E-state index contributed by atoms with van der Waals surface area (Å²) < 4.78 is 0. The number of benzene rings is 1. The molecule has 0 aliphatic carbocycles. The fraction of sp³-hybridized carbons (Fsp3) is 0.292. The lowest BCUT2D eigenvalue weighted by atomic mass is 9.87. The highest BCUT2D eigenvalue weighted by molar-refractivity contribution is 6.08. The molecule has 3 N–H and O–H groups in total. The average Bonchev–Trinajstić information content (AvgIpc) is 3.14. The number of ketones is 1. The van der Waals surface area contributed by atoms with E-state index in [1.807, 2.05) is 51.7 Å². The number of aromatic nitrogens is 3. The molecule has 1 aromatic carbocycles. The van der Waals surface area contributed by atoms with Crippen molar-refractivity contribution < 1.29 is 9.59 Å². The summed E-state index contributed by atoms with van der Waals surface area (Å²) in [5, 5.41) is 9.03. The van der Waals surface area contributed by atoms with Crippen LogP contribution in [0.1, 0.15) is 50.5 Å². The van der Waals surface area contributed by atoms with Crippen LogP contribution in [0.3, 0.4) is 0 Å².